The highest BCUT2D eigenvalue weighted by Gasteiger charge is 2.27. The normalized spacial score (nSPS) is 15.6. The third kappa shape index (κ3) is 7.23. The number of carbonyl (C=O) groups is 2. The van der Waals surface area contributed by atoms with Gasteiger partial charge in [0.05, 0.1) is 17.1 Å². The van der Waals surface area contributed by atoms with Crippen molar-refractivity contribution >= 4 is 35.4 Å². The van der Waals surface area contributed by atoms with Crippen molar-refractivity contribution in [1.29, 1.82) is 0 Å². The number of rotatable bonds is 12. The summed E-state index contributed by atoms with van der Waals surface area (Å²) in [5.74, 6) is 0.0525. The Labute approximate surface area is 232 Å². The van der Waals surface area contributed by atoms with E-state index in [1.165, 1.54) is 17.3 Å². The minimum atomic E-state index is -0.971. The lowest BCUT2D eigenvalue weighted by Crippen LogP contribution is -2.30. The summed E-state index contributed by atoms with van der Waals surface area (Å²) in [5.41, 5.74) is 4.67. The van der Waals surface area contributed by atoms with E-state index in [4.69, 9.17) is 14.6 Å². The number of amides is 1. The van der Waals surface area contributed by atoms with Gasteiger partial charge in [-0.3, -0.25) is 4.79 Å². The highest BCUT2D eigenvalue weighted by molar-refractivity contribution is 8.05. The summed E-state index contributed by atoms with van der Waals surface area (Å²) < 4.78 is 12.1. The number of anilines is 1. The smallest absolute Gasteiger partial charge is 0.335 e. The Morgan fingerprint density at radius 1 is 1.08 bits per heavy atom. The first-order chi connectivity index (χ1) is 18.9. The summed E-state index contributed by atoms with van der Waals surface area (Å²) >= 11 is 1.43. The van der Waals surface area contributed by atoms with Crippen molar-refractivity contribution in [3.05, 3.63) is 106 Å². The van der Waals surface area contributed by atoms with Gasteiger partial charge in [-0.15, -0.1) is 6.58 Å². The molecule has 0 spiro atoms. The number of aryl methyl sites for hydroxylation is 1. The van der Waals surface area contributed by atoms with Crippen LogP contribution in [0.1, 0.15) is 46.5 Å². The number of hydrogen-bond donors (Lipinski definition) is 3. The fraction of sp³-hybridized carbons (Fsp3) is 0.226. The molecular formula is C31H32N2O5S. The van der Waals surface area contributed by atoms with Gasteiger partial charge in [0.15, 0.2) is 17.0 Å². The number of carbonyl (C=O) groups excluding carboxylic acids is 1. The van der Waals surface area contributed by atoms with E-state index in [0.29, 0.717) is 29.4 Å². The van der Waals surface area contributed by atoms with E-state index in [2.05, 4.69) is 36.3 Å². The number of allylic oxidation sites excluding steroid dienone is 1. The molecule has 3 aromatic rings. The van der Waals surface area contributed by atoms with E-state index in [1.807, 2.05) is 37.3 Å². The molecule has 0 aliphatic carbocycles. The molecule has 0 bridgehead atoms. The van der Waals surface area contributed by atoms with Crippen molar-refractivity contribution in [2.24, 2.45) is 0 Å². The first-order valence-corrected chi connectivity index (χ1v) is 13.7. The maximum absolute atomic E-state index is 12.7. The molecule has 0 radical (unpaired) electrons. The third-order valence-corrected chi connectivity index (χ3v) is 7.12. The Morgan fingerprint density at radius 2 is 1.79 bits per heavy atom. The zero-order valence-electron chi connectivity index (χ0n) is 22.0. The maximum Gasteiger partial charge on any atom is 0.335 e. The first-order valence-electron chi connectivity index (χ1n) is 12.8. The highest BCUT2D eigenvalue weighted by atomic mass is 32.2. The molecule has 39 heavy (non-hydrogen) atoms. The standard InChI is InChI=1S/C31H32N2O5S/c1-4-7-24-16-22(18-27-29(34)33-31(39-27)32-25-14-10-20(5-2)11-15-25)17-26(37-6-3)28(24)38-19-21-8-12-23(13-9-21)30(35)36/h4,8-18,31-32H,1,5-7,19H2,2-3H3,(H,33,34)(H,35,36)/b27-18-/t31-/m1/s1. The molecule has 7 nitrogen and oxygen atoms in total. The van der Waals surface area contributed by atoms with E-state index in [1.54, 1.807) is 30.3 Å². The van der Waals surface area contributed by atoms with Crippen molar-refractivity contribution in [2.75, 3.05) is 11.9 Å². The van der Waals surface area contributed by atoms with Crippen molar-refractivity contribution in [1.82, 2.24) is 5.32 Å². The molecule has 8 heteroatoms. The number of benzene rings is 3. The van der Waals surface area contributed by atoms with Gasteiger partial charge in [-0.25, -0.2) is 4.79 Å². The molecule has 1 saturated heterocycles. The number of carboxylic acids is 1. The largest absolute Gasteiger partial charge is 0.490 e. The summed E-state index contributed by atoms with van der Waals surface area (Å²) in [7, 11) is 0. The monoisotopic (exact) mass is 544 g/mol. The molecule has 4 rings (SSSR count). The molecular weight excluding hydrogens is 512 g/mol. The van der Waals surface area contributed by atoms with Gasteiger partial charge in [-0.2, -0.15) is 0 Å². The molecule has 0 unspecified atom stereocenters. The summed E-state index contributed by atoms with van der Waals surface area (Å²) in [5, 5.41) is 15.5. The minimum absolute atomic E-state index is 0.143. The number of thioether (sulfide) groups is 1. The van der Waals surface area contributed by atoms with Gasteiger partial charge in [0, 0.05) is 11.3 Å². The van der Waals surface area contributed by atoms with Gasteiger partial charge < -0.3 is 25.2 Å². The van der Waals surface area contributed by atoms with Crippen LogP contribution in [0.25, 0.3) is 6.08 Å². The van der Waals surface area contributed by atoms with Crippen molar-refractivity contribution < 1.29 is 24.2 Å². The zero-order chi connectivity index (χ0) is 27.8. The molecule has 1 amide bonds. The third-order valence-electron chi connectivity index (χ3n) is 6.09. The van der Waals surface area contributed by atoms with Crippen LogP contribution < -0.4 is 20.1 Å². The topological polar surface area (TPSA) is 96.9 Å². The molecule has 1 aliphatic heterocycles. The molecule has 0 saturated carbocycles. The predicted octanol–water partition coefficient (Wildman–Crippen LogP) is 6.25. The van der Waals surface area contributed by atoms with Gasteiger partial charge in [0.1, 0.15) is 6.61 Å². The number of hydrogen-bond acceptors (Lipinski definition) is 6. The fourth-order valence-corrected chi connectivity index (χ4v) is 5.09. The lowest BCUT2D eigenvalue weighted by Gasteiger charge is -2.17. The van der Waals surface area contributed by atoms with Crippen LogP contribution in [0.2, 0.25) is 0 Å². The van der Waals surface area contributed by atoms with Crippen LogP contribution in [-0.4, -0.2) is 29.1 Å². The van der Waals surface area contributed by atoms with Gasteiger partial charge in [-0.1, -0.05) is 49.0 Å². The maximum atomic E-state index is 12.7. The lowest BCUT2D eigenvalue weighted by molar-refractivity contribution is -0.116. The molecule has 0 aromatic heterocycles. The van der Waals surface area contributed by atoms with Crippen molar-refractivity contribution in [3.63, 3.8) is 0 Å². The van der Waals surface area contributed by atoms with E-state index in [0.717, 1.165) is 28.8 Å². The average Bonchev–Trinajstić information content (AvgIpc) is 3.27. The zero-order valence-corrected chi connectivity index (χ0v) is 22.8. The molecule has 202 valence electrons. The van der Waals surface area contributed by atoms with Crippen molar-refractivity contribution in [3.8, 4) is 11.5 Å². The summed E-state index contributed by atoms with van der Waals surface area (Å²) in [6.07, 6.45) is 5.16. The molecule has 3 aromatic carbocycles. The van der Waals surface area contributed by atoms with Gasteiger partial charge in [0.2, 0.25) is 0 Å². The van der Waals surface area contributed by atoms with Gasteiger partial charge >= 0.3 is 5.97 Å². The number of carboxylic acid groups (broad SMARTS) is 1. The van der Waals surface area contributed by atoms with E-state index in [9.17, 15) is 9.59 Å². The second-order valence-electron chi connectivity index (χ2n) is 8.90. The SMILES string of the molecule is C=CCc1cc(/C=C2\S[C@H](Nc3ccc(CC)cc3)NC2=O)cc(OCC)c1OCc1ccc(C(=O)O)cc1. The highest BCUT2D eigenvalue weighted by Crippen LogP contribution is 2.37. The Balaban J connectivity index is 1.54. The Bertz CT molecular complexity index is 1370. The number of ether oxygens (including phenoxy) is 2. The Hall–Kier alpha value is -4.17. The van der Waals surface area contributed by atoms with Crippen LogP contribution >= 0.6 is 11.8 Å². The first kappa shape index (κ1) is 27.9. The van der Waals surface area contributed by atoms with Crippen LogP contribution in [0.15, 0.2) is 78.2 Å². The molecule has 3 N–H and O–H groups in total. The van der Waals surface area contributed by atoms with Crippen LogP contribution in [0, 0.1) is 0 Å². The summed E-state index contributed by atoms with van der Waals surface area (Å²) in [4.78, 5) is 24.5. The number of nitrogens with one attached hydrogen (secondary N) is 2. The van der Waals surface area contributed by atoms with E-state index >= 15 is 0 Å². The second-order valence-corrected chi connectivity index (χ2v) is 10.0. The predicted molar refractivity (Wildman–Crippen MR) is 156 cm³/mol. The quantitative estimate of drug-likeness (QED) is 0.183. The van der Waals surface area contributed by atoms with E-state index in [-0.39, 0.29) is 23.6 Å². The molecule has 1 aliphatic rings. The molecule has 1 heterocycles. The van der Waals surface area contributed by atoms with E-state index < -0.39 is 5.97 Å². The van der Waals surface area contributed by atoms with Gasteiger partial charge in [0.25, 0.3) is 5.91 Å². The van der Waals surface area contributed by atoms with Crippen LogP contribution in [0.4, 0.5) is 5.69 Å². The van der Waals surface area contributed by atoms with Crippen LogP contribution in [0.5, 0.6) is 11.5 Å². The average molecular weight is 545 g/mol. The van der Waals surface area contributed by atoms with Crippen LogP contribution in [-0.2, 0) is 24.2 Å². The van der Waals surface area contributed by atoms with Gasteiger partial charge in [-0.05, 0) is 78.9 Å². The van der Waals surface area contributed by atoms with Crippen LogP contribution in [0.3, 0.4) is 0 Å². The minimum Gasteiger partial charge on any atom is -0.490 e. The second kappa shape index (κ2) is 13.1. The molecule has 1 fully saturated rings. The fourth-order valence-electron chi connectivity index (χ4n) is 4.10. The Morgan fingerprint density at radius 3 is 2.44 bits per heavy atom. The summed E-state index contributed by atoms with van der Waals surface area (Å²) in [6, 6.07) is 18.6. The Kier molecular flexibility index (Phi) is 9.33. The number of aromatic carboxylic acids is 1. The molecule has 1 atom stereocenters. The lowest BCUT2D eigenvalue weighted by atomic mass is 10.0. The summed E-state index contributed by atoms with van der Waals surface area (Å²) in [6.45, 7) is 8.58. The van der Waals surface area contributed by atoms with Crippen molar-refractivity contribution in [2.45, 2.75) is 38.8 Å².